The van der Waals surface area contributed by atoms with Crippen LogP contribution in [0.5, 0.6) is 0 Å². The van der Waals surface area contributed by atoms with Crippen LogP contribution in [0.2, 0.25) is 10.0 Å². The summed E-state index contributed by atoms with van der Waals surface area (Å²) < 4.78 is 1.62. The lowest BCUT2D eigenvalue weighted by Crippen LogP contribution is -2.23. The highest BCUT2D eigenvalue weighted by atomic mass is 35.5. The lowest BCUT2D eigenvalue weighted by atomic mass is 10.0. The predicted molar refractivity (Wildman–Crippen MR) is 141 cm³/mol. The lowest BCUT2D eigenvalue weighted by Gasteiger charge is -2.10. The van der Waals surface area contributed by atoms with E-state index in [0.717, 1.165) is 27.6 Å². The number of nitrogens with zero attached hydrogens (tertiary/aromatic N) is 3. The SMILES string of the molecule is O=C(NCc1n[nH]c2ccc(Cl)cc12)c1cncc(Cc2ccc(Cn3ccccc3=O)cc2Cl)c1. The standard InChI is InChI=1S/C27H21Cl2N5O2/c28-21-6-7-24-22(12-21)25(33-32-24)15-31-27(36)20-10-18(13-30-14-20)9-19-5-4-17(11-23(19)29)16-34-8-2-1-3-26(34)35/h1-8,10-14H,9,15-16H2,(H,31,36)(H,32,33). The molecule has 180 valence electrons. The summed E-state index contributed by atoms with van der Waals surface area (Å²) in [6.07, 6.45) is 5.51. The number of aromatic nitrogens is 4. The number of fused-ring (bicyclic) bond motifs is 1. The van der Waals surface area contributed by atoms with E-state index in [1.165, 1.54) is 12.3 Å². The van der Waals surface area contributed by atoms with Crippen molar-refractivity contribution in [3.05, 3.63) is 128 Å². The summed E-state index contributed by atoms with van der Waals surface area (Å²) >= 11 is 12.6. The van der Waals surface area contributed by atoms with E-state index in [2.05, 4.69) is 20.5 Å². The average molecular weight is 518 g/mol. The van der Waals surface area contributed by atoms with Crippen LogP contribution in [0.3, 0.4) is 0 Å². The van der Waals surface area contributed by atoms with Gasteiger partial charge in [-0.1, -0.05) is 41.4 Å². The summed E-state index contributed by atoms with van der Waals surface area (Å²) in [6.45, 7) is 0.690. The van der Waals surface area contributed by atoms with Crippen LogP contribution in [0.15, 0.2) is 84.0 Å². The third kappa shape index (κ3) is 5.32. The van der Waals surface area contributed by atoms with Gasteiger partial charge in [-0.25, -0.2) is 0 Å². The zero-order valence-corrected chi connectivity index (χ0v) is 20.6. The molecule has 5 rings (SSSR count). The van der Waals surface area contributed by atoms with Crippen LogP contribution in [-0.4, -0.2) is 25.7 Å². The van der Waals surface area contributed by atoms with Crippen molar-refractivity contribution in [2.75, 3.05) is 0 Å². The van der Waals surface area contributed by atoms with Gasteiger partial charge in [-0.15, -0.1) is 0 Å². The van der Waals surface area contributed by atoms with Gasteiger partial charge in [0.2, 0.25) is 0 Å². The number of pyridine rings is 2. The van der Waals surface area contributed by atoms with E-state index in [1.54, 1.807) is 35.2 Å². The molecule has 0 saturated carbocycles. The maximum absolute atomic E-state index is 12.8. The molecular weight excluding hydrogens is 497 g/mol. The maximum atomic E-state index is 12.8. The van der Waals surface area contributed by atoms with Gasteiger partial charge in [0.05, 0.1) is 29.9 Å². The Balaban J connectivity index is 1.26. The second-order valence-electron chi connectivity index (χ2n) is 8.39. The van der Waals surface area contributed by atoms with Crippen molar-refractivity contribution in [2.24, 2.45) is 0 Å². The molecule has 9 heteroatoms. The summed E-state index contributed by atoms with van der Waals surface area (Å²) in [5, 5.41) is 12.2. The van der Waals surface area contributed by atoms with Gasteiger partial charge in [-0.05, 0) is 53.1 Å². The Labute approximate surface area is 216 Å². The molecule has 2 N–H and O–H groups in total. The number of halogens is 2. The molecule has 2 aromatic carbocycles. The Morgan fingerprint density at radius 3 is 2.72 bits per heavy atom. The number of nitrogens with one attached hydrogen (secondary N) is 2. The molecule has 36 heavy (non-hydrogen) atoms. The molecule has 0 bridgehead atoms. The molecule has 0 aliphatic rings. The van der Waals surface area contributed by atoms with Gasteiger partial charge in [0, 0.05) is 46.5 Å². The predicted octanol–water partition coefficient (Wildman–Crippen LogP) is 5.00. The van der Waals surface area contributed by atoms with E-state index < -0.39 is 0 Å². The highest BCUT2D eigenvalue weighted by Gasteiger charge is 2.12. The first kappa shape index (κ1) is 23.8. The quantitative estimate of drug-likeness (QED) is 0.317. The average Bonchev–Trinajstić information content (AvgIpc) is 3.28. The van der Waals surface area contributed by atoms with Gasteiger partial charge in [-0.2, -0.15) is 5.10 Å². The normalized spacial score (nSPS) is 11.1. The van der Waals surface area contributed by atoms with Crippen molar-refractivity contribution >= 4 is 40.0 Å². The summed E-state index contributed by atoms with van der Waals surface area (Å²) in [5.74, 6) is -0.253. The summed E-state index contributed by atoms with van der Waals surface area (Å²) in [5.41, 5.74) is 4.62. The van der Waals surface area contributed by atoms with Gasteiger partial charge >= 0.3 is 0 Å². The smallest absolute Gasteiger partial charge is 0.253 e. The first-order valence-electron chi connectivity index (χ1n) is 11.2. The fourth-order valence-corrected chi connectivity index (χ4v) is 4.43. The third-order valence-corrected chi connectivity index (χ3v) is 6.43. The van der Waals surface area contributed by atoms with Crippen molar-refractivity contribution in [1.82, 2.24) is 25.1 Å². The Bertz CT molecular complexity index is 1630. The molecular formula is C27H21Cl2N5O2. The number of carbonyl (C=O) groups is 1. The van der Waals surface area contributed by atoms with Crippen LogP contribution in [-0.2, 0) is 19.5 Å². The Morgan fingerprint density at radius 2 is 1.89 bits per heavy atom. The van der Waals surface area contributed by atoms with Crippen LogP contribution in [0.25, 0.3) is 10.9 Å². The molecule has 0 saturated heterocycles. The zero-order valence-electron chi connectivity index (χ0n) is 19.0. The summed E-state index contributed by atoms with van der Waals surface area (Å²) in [4.78, 5) is 29.0. The van der Waals surface area contributed by atoms with Crippen LogP contribution >= 0.6 is 23.2 Å². The second kappa shape index (κ2) is 10.4. The minimum absolute atomic E-state index is 0.0665. The molecule has 3 heterocycles. The second-order valence-corrected chi connectivity index (χ2v) is 9.24. The number of H-pyrrole nitrogens is 1. The van der Waals surface area contributed by atoms with Crippen molar-refractivity contribution < 1.29 is 4.79 Å². The van der Waals surface area contributed by atoms with Crippen molar-refractivity contribution in [3.8, 4) is 0 Å². The van der Waals surface area contributed by atoms with Gasteiger partial charge in [0.1, 0.15) is 0 Å². The number of hydrogen-bond donors (Lipinski definition) is 2. The van der Waals surface area contributed by atoms with Crippen LogP contribution in [0.4, 0.5) is 0 Å². The minimum atomic E-state index is -0.253. The Morgan fingerprint density at radius 1 is 1.00 bits per heavy atom. The van der Waals surface area contributed by atoms with Gasteiger partial charge in [0.25, 0.3) is 11.5 Å². The molecule has 0 fully saturated rings. The number of hydrogen-bond acceptors (Lipinski definition) is 4. The van der Waals surface area contributed by atoms with Crippen LogP contribution in [0, 0.1) is 0 Å². The molecule has 0 atom stereocenters. The minimum Gasteiger partial charge on any atom is -0.346 e. The van der Waals surface area contributed by atoms with Crippen molar-refractivity contribution in [1.29, 1.82) is 0 Å². The molecule has 0 unspecified atom stereocenters. The summed E-state index contributed by atoms with van der Waals surface area (Å²) in [6, 6.07) is 18.1. The lowest BCUT2D eigenvalue weighted by molar-refractivity contribution is 0.0950. The fraction of sp³-hybridized carbons (Fsp3) is 0.111. The van der Waals surface area contributed by atoms with Crippen molar-refractivity contribution in [2.45, 2.75) is 19.5 Å². The van der Waals surface area contributed by atoms with Gasteiger partial charge in [-0.3, -0.25) is 19.7 Å². The number of amides is 1. The monoisotopic (exact) mass is 517 g/mol. The Hall–Kier alpha value is -3.94. The Kier molecular flexibility index (Phi) is 6.84. The van der Waals surface area contributed by atoms with Crippen LogP contribution in [0.1, 0.15) is 32.7 Å². The van der Waals surface area contributed by atoms with Crippen LogP contribution < -0.4 is 10.9 Å². The fourth-order valence-electron chi connectivity index (χ4n) is 3.99. The maximum Gasteiger partial charge on any atom is 0.253 e. The first-order chi connectivity index (χ1) is 17.5. The molecule has 5 aromatic rings. The molecule has 1 amide bonds. The molecule has 0 aliphatic carbocycles. The molecule has 7 nitrogen and oxygen atoms in total. The molecule has 0 aliphatic heterocycles. The third-order valence-electron chi connectivity index (χ3n) is 5.84. The molecule has 3 aromatic heterocycles. The zero-order chi connectivity index (χ0) is 25.1. The molecule has 0 spiro atoms. The first-order valence-corrected chi connectivity index (χ1v) is 12.0. The highest BCUT2D eigenvalue weighted by molar-refractivity contribution is 6.31. The van der Waals surface area contributed by atoms with E-state index in [4.69, 9.17) is 23.2 Å². The number of benzene rings is 2. The number of carbonyl (C=O) groups excluding carboxylic acids is 1. The summed E-state index contributed by atoms with van der Waals surface area (Å²) in [7, 11) is 0. The number of aromatic amines is 1. The van der Waals surface area contributed by atoms with E-state index >= 15 is 0 Å². The molecule has 0 radical (unpaired) electrons. The highest BCUT2D eigenvalue weighted by Crippen LogP contribution is 2.23. The number of rotatable bonds is 7. The van der Waals surface area contributed by atoms with E-state index in [1.807, 2.05) is 36.4 Å². The van der Waals surface area contributed by atoms with E-state index in [-0.39, 0.29) is 18.0 Å². The van der Waals surface area contributed by atoms with Crippen molar-refractivity contribution in [3.63, 3.8) is 0 Å². The van der Waals surface area contributed by atoms with E-state index in [0.29, 0.717) is 34.3 Å². The van der Waals surface area contributed by atoms with Gasteiger partial charge in [0.15, 0.2) is 0 Å². The van der Waals surface area contributed by atoms with E-state index in [9.17, 15) is 9.59 Å². The topological polar surface area (TPSA) is 92.7 Å². The van der Waals surface area contributed by atoms with Gasteiger partial charge < -0.3 is 9.88 Å². The largest absolute Gasteiger partial charge is 0.346 e.